The minimum Gasteiger partial charge on any atom is -0.438 e. The number of sulfone groups is 1. The standard InChI is InChI=1S/C17H22N2O3S/c1-6-15-12(4)17(19-10-18-15)22-16-8-7-13(23(5,20)21)9-14(16)11(2)3/h7-8,10,13H,2,6,9H2,1,3-5H3. The second-order valence-corrected chi connectivity index (χ2v) is 8.03. The smallest absolute Gasteiger partial charge is 0.225 e. The number of hydrogen-bond acceptors (Lipinski definition) is 5. The molecule has 0 aromatic carbocycles. The minimum absolute atomic E-state index is 0.366. The Bertz CT molecular complexity index is 792. The van der Waals surface area contributed by atoms with Crippen LogP contribution >= 0.6 is 0 Å². The molecule has 5 nitrogen and oxygen atoms in total. The van der Waals surface area contributed by atoms with Gasteiger partial charge in [0.2, 0.25) is 5.88 Å². The van der Waals surface area contributed by atoms with E-state index in [9.17, 15) is 8.42 Å². The summed E-state index contributed by atoms with van der Waals surface area (Å²) in [6, 6.07) is 0. The quantitative estimate of drug-likeness (QED) is 0.828. The molecule has 1 heterocycles. The fourth-order valence-corrected chi connectivity index (χ4v) is 3.30. The van der Waals surface area contributed by atoms with E-state index in [0.29, 0.717) is 18.1 Å². The summed E-state index contributed by atoms with van der Waals surface area (Å²) < 4.78 is 29.5. The molecule has 1 aliphatic carbocycles. The number of hydrogen-bond donors (Lipinski definition) is 0. The van der Waals surface area contributed by atoms with Gasteiger partial charge < -0.3 is 4.74 Å². The molecule has 6 heteroatoms. The van der Waals surface area contributed by atoms with Gasteiger partial charge in [0.15, 0.2) is 9.84 Å². The number of nitrogens with zero attached hydrogens (tertiary/aromatic N) is 2. The van der Waals surface area contributed by atoms with Gasteiger partial charge >= 0.3 is 0 Å². The minimum atomic E-state index is -3.15. The SMILES string of the molecule is C=C(C)C1=C(Oc2ncnc(CC)c2C)C=CC(S(C)(=O)=O)C1. The normalized spacial score (nSPS) is 18.2. The van der Waals surface area contributed by atoms with Crippen LogP contribution in [0.1, 0.15) is 31.5 Å². The molecule has 0 bridgehead atoms. The molecule has 0 saturated heterocycles. The molecular formula is C17H22N2O3S. The van der Waals surface area contributed by atoms with Gasteiger partial charge in [-0.1, -0.05) is 25.2 Å². The summed E-state index contributed by atoms with van der Waals surface area (Å²) >= 11 is 0. The number of allylic oxidation sites excluding steroid dienone is 3. The van der Waals surface area contributed by atoms with Crippen LogP contribution in [-0.2, 0) is 16.3 Å². The maximum Gasteiger partial charge on any atom is 0.225 e. The summed E-state index contributed by atoms with van der Waals surface area (Å²) in [5.41, 5.74) is 3.42. The maximum atomic E-state index is 11.8. The van der Waals surface area contributed by atoms with Crippen LogP contribution in [0.25, 0.3) is 0 Å². The Morgan fingerprint density at radius 1 is 1.43 bits per heavy atom. The van der Waals surface area contributed by atoms with Crippen molar-refractivity contribution in [2.24, 2.45) is 0 Å². The molecule has 0 amide bonds. The Labute approximate surface area is 137 Å². The van der Waals surface area contributed by atoms with Gasteiger partial charge in [-0.3, -0.25) is 0 Å². The highest BCUT2D eigenvalue weighted by atomic mass is 32.2. The summed E-state index contributed by atoms with van der Waals surface area (Å²) in [5, 5.41) is -0.542. The first-order valence-corrected chi connectivity index (χ1v) is 9.44. The molecule has 0 saturated carbocycles. The van der Waals surface area contributed by atoms with E-state index in [1.54, 1.807) is 12.2 Å². The number of rotatable bonds is 5. The van der Waals surface area contributed by atoms with Crippen LogP contribution in [-0.4, -0.2) is 29.9 Å². The van der Waals surface area contributed by atoms with Crippen molar-refractivity contribution in [2.75, 3.05) is 6.26 Å². The van der Waals surface area contributed by atoms with Gasteiger partial charge in [-0.2, -0.15) is 0 Å². The zero-order chi connectivity index (χ0) is 17.2. The van der Waals surface area contributed by atoms with Gasteiger partial charge in [0, 0.05) is 11.8 Å². The average molecular weight is 334 g/mol. The van der Waals surface area contributed by atoms with E-state index >= 15 is 0 Å². The monoisotopic (exact) mass is 334 g/mol. The summed E-state index contributed by atoms with van der Waals surface area (Å²) in [7, 11) is -3.15. The Kier molecular flexibility index (Phi) is 5.04. The van der Waals surface area contributed by atoms with E-state index in [4.69, 9.17) is 4.74 Å². The third-order valence-electron chi connectivity index (χ3n) is 3.91. The highest BCUT2D eigenvalue weighted by molar-refractivity contribution is 7.91. The van der Waals surface area contributed by atoms with Gasteiger partial charge in [-0.25, -0.2) is 18.4 Å². The first-order valence-electron chi connectivity index (χ1n) is 7.48. The summed E-state index contributed by atoms with van der Waals surface area (Å²) in [6.07, 6.45) is 7.24. The van der Waals surface area contributed by atoms with Crippen LogP contribution < -0.4 is 4.74 Å². The zero-order valence-electron chi connectivity index (χ0n) is 14.0. The van der Waals surface area contributed by atoms with E-state index < -0.39 is 15.1 Å². The molecule has 1 aromatic rings. The zero-order valence-corrected chi connectivity index (χ0v) is 14.8. The molecule has 23 heavy (non-hydrogen) atoms. The van der Waals surface area contributed by atoms with Crippen LogP contribution in [0, 0.1) is 6.92 Å². The Morgan fingerprint density at radius 3 is 2.70 bits per heavy atom. The molecule has 1 unspecified atom stereocenters. The first-order chi connectivity index (χ1) is 10.7. The lowest BCUT2D eigenvalue weighted by atomic mass is 9.97. The molecule has 0 radical (unpaired) electrons. The Balaban J connectivity index is 2.38. The van der Waals surface area contributed by atoms with Crippen molar-refractivity contribution in [3.05, 3.63) is 53.2 Å². The molecule has 1 aliphatic rings. The second kappa shape index (κ2) is 6.66. The third-order valence-corrected chi connectivity index (χ3v) is 5.34. The van der Waals surface area contributed by atoms with Crippen molar-refractivity contribution in [3.8, 4) is 5.88 Å². The van der Waals surface area contributed by atoms with Crippen molar-refractivity contribution < 1.29 is 13.2 Å². The number of aromatic nitrogens is 2. The number of aryl methyl sites for hydroxylation is 1. The van der Waals surface area contributed by atoms with Crippen LogP contribution in [0.2, 0.25) is 0 Å². The fourth-order valence-electron chi connectivity index (χ4n) is 2.47. The van der Waals surface area contributed by atoms with E-state index in [1.807, 2.05) is 20.8 Å². The van der Waals surface area contributed by atoms with Gasteiger partial charge in [0.05, 0.1) is 10.9 Å². The van der Waals surface area contributed by atoms with Gasteiger partial charge in [-0.15, -0.1) is 0 Å². The van der Waals surface area contributed by atoms with Gasteiger partial charge in [0.1, 0.15) is 12.1 Å². The maximum absolute atomic E-state index is 11.8. The molecule has 0 N–H and O–H groups in total. The Morgan fingerprint density at radius 2 is 2.13 bits per heavy atom. The Hall–Kier alpha value is -1.95. The highest BCUT2D eigenvalue weighted by Crippen LogP contribution is 2.30. The van der Waals surface area contributed by atoms with E-state index in [1.165, 1.54) is 12.6 Å². The topological polar surface area (TPSA) is 69.2 Å². The van der Waals surface area contributed by atoms with E-state index in [-0.39, 0.29) is 0 Å². The molecule has 2 rings (SSSR count). The van der Waals surface area contributed by atoms with Gasteiger partial charge in [-0.05, 0) is 38.3 Å². The molecule has 124 valence electrons. The predicted octanol–water partition coefficient (Wildman–Crippen LogP) is 2.93. The van der Waals surface area contributed by atoms with Crippen LogP contribution in [0.15, 0.2) is 42.0 Å². The number of ether oxygens (including phenoxy) is 1. The van der Waals surface area contributed by atoms with Crippen molar-refractivity contribution in [1.82, 2.24) is 9.97 Å². The molecule has 1 aromatic heterocycles. The average Bonchev–Trinajstić information content (AvgIpc) is 2.48. The fraction of sp³-hybridized carbons (Fsp3) is 0.412. The molecule has 0 spiro atoms. The van der Waals surface area contributed by atoms with E-state index in [2.05, 4.69) is 16.5 Å². The second-order valence-electron chi connectivity index (χ2n) is 5.76. The summed E-state index contributed by atoms with van der Waals surface area (Å²) in [4.78, 5) is 8.42. The van der Waals surface area contributed by atoms with Crippen LogP contribution in [0.3, 0.4) is 0 Å². The third kappa shape index (κ3) is 3.88. The van der Waals surface area contributed by atoms with Crippen molar-refractivity contribution in [1.29, 1.82) is 0 Å². The first kappa shape index (κ1) is 17.4. The summed E-state index contributed by atoms with van der Waals surface area (Å²) in [6.45, 7) is 9.73. The summed E-state index contributed by atoms with van der Waals surface area (Å²) in [5.74, 6) is 1.09. The molecule has 0 fully saturated rings. The molecule has 1 atom stereocenters. The lowest BCUT2D eigenvalue weighted by Gasteiger charge is -2.22. The van der Waals surface area contributed by atoms with Crippen LogP contribution in [0.5, 0.6) is 5.88 Å². The van der Waals surface area contributed by atoms with Crippen molar-refractivity contribution >= 4 is 9.84 Å². The lowest BCUT2D eigenvalue weighted by molar-refractivity contribution is 0.411. The predicted molar refractivity (Wildman–Crippen MR) is 91.0 cm³/mol. The van der Waals surface area contributed by atoms with Crippen LogP contribution in [0.4, 0.5) is 0 Å². The molecule has 0 aliphatic heterocycles. The lowest BCUT2D eigenvalue weighted by Crippen LogP contribution is -2.22. The largest absolute Gasteiger partial charge is 0.438 e. The van der Waals surface area contributed by atoms with Crippen molar-refractivity contribution in [2.45, 2.75) is 38.9 Å². The van der Waals surface area contributed by atoms with E-state index in [0.717, 1.165) is 28.8 Å². The highest BCUT2D eigenvalue weighted by Gasteiger charge is 2.26. The molecular weight excluding hydrogens is 312 g/mol. The van der Waals surface area contributed by atoms with Gasteiger partial charge in [0.25, 0.3) is 0 Å². The van der Waals surface area contributed by atoms with Crippen molar-refractivity contribution in [3.63, 3.8) is 0 Å².